The average Bonchev–Trinajstić information content (AvgIpc) is 3.47. The Morgan fingerprint density at radius 2 is 2.13 bits per heavy atom. The molecule has 1 atom stereocenters. The van der Waals surface area contributed by atoms with E-state index >= 15 is 0 Å². The highest BCUT2D eigenvalue weighted by Crippen LogP contribution is 2.50. The predicted molar refractivity (Wildman–Crippen MR) is 112 cm³/mol. The van der Waals surface area contributed by atoms with E-state index in [4.69, 9.17) is 20.1 Å². The summed E-state index contributed by atoms with van der Waals surface area (Å²) in [4.78, 5) is 14.0. The van der Waals surface area contributed by atoms with Gasteiger partial charge >= 0.3 is 0 Å². The van der Waals surface area contributed by atoms with Gasteiger partial charge in [-0.3, -0.25) is 15.1 Å². The predicted octanol–water partition coefficient (Wildman–Crippen LogP) is 0.399. The van der Waals surface area contributed by atoms with Crippen LogP contribution in [0.1, 0.15) is 27.5 Å². The van der Waals surface area contributed by atoms with Gasteiger partial charge in [0, 0.05) is 17.7 Å². The van der Waals surface area contributed by atoms with Crippen molar-refractivity contribution in [3.63, 3.8) is 0 Å². The van der Waals surface area contributed by atoms with Crippen LogP contribution in [0, 0.1) is 0 Å². The lowest BCUT2D eigenvalue weighted by Crippen LogP contribution is -2.48. The number of hydrogen-bond acceptors (Lipinski definition) is 10. The first-order chi connectivity index (χ1) is 15.1. The van der Waals surface area contributed by atoms with Crippen LogP contribution in [0.3, 0.4) is 0 Å². The molecule has 162 valence electrons. The Balaban J connectivity index is 1.55. The quantitative estimate of drug-likeness (QED) is 0.313. The summed E-state index contributed by atoms with van der Waals surface area (Å²) in [5.41, 5.74) is 11.4. The first-order valence-corrected chi connectivity index (χ1v) is 9.81. The summed E-state index contributed by atoms with van der Waals surface area (Å²) in [6, 6.07) is 8.86. The van der Waals surface area contributed by atoms with Crippen LogP contribution in [-0.4, -0.2) is 44.1 Å². The molecular formula is C20H23N7O4. The zero-order valence-corrected chi connectivity index (χ0v) is 17.1. The summed E-state index contributed by atoms with van der Waals surface area (Å²) in [6.07, 6.45) is 0.854. The van der Waals surface area contributed by atoms with Crippen LogP contribution < -0.4 is 41.6 Å². The first kappa shape index (κ1) is 19.4. The summed E-state index contributed by atoms with van der Waals surface area (Å²) in [7, 11) is 3.68. The zero-order valence-electron chi connectivity index (χ0n) is 17.1. The Morgan fingerprint density at radius 1 is 1.32 bits per heavy atom. The second kappa shape index (κ2) is 7.61. The smallest absolute Gasteiger partial charge is 0.265 e. The number of anilines is 1. The largest absolute Gasteiger partial charge is 0.492 e. The molecule has 1 amide bonds. The Bertz CT molecular complexity index is 1060. The van der Waals surface area contributed by atoms with Crippen molar-refractivity contribution in [3.05, 3.63) is 47.0 Å². The molecule has 3 heterocycles. The number of benzene rings is 2. The fourth-order valence-electron chi connectivity index (χ4n) is 4.22. The molecule has 2 aromatic carbocycles. The van der Waals surface area contributed by atoms with Crippen molar-refractivity contribution < 1.29 is 19.0 Å². The molecule has 0 saturated carbocycles. The number of amides is 1. The van der Waals surface area contributed by atoms with Crippen molar-refractivity contribution in [2.45, 2.75) is 12.5 Å². The third-order valence-electron chi connectivity index (χ3n) is 5.72. The lowest BCUT2D eigenvalue weighted by atomic mass is 9.90. The number of methoxy groups -OCH3 is 1. The van der Waals surface area contributed by atoms with Gasteiger partial charge in [-0.25, -0.2) is 16.4 Å². The number of fused-ring (bicyclic) bond motifs is 2. The number of nitrogens with two attached hydrogens (primary N) is 1. The SMILES string of the molecule is COc1c2c(cc3c1[C@@H](C1=NNNN1c1ccc(C(=O)NN)cc1)N(C)CC3)OCO2. The monoisotopic (exact) mass is 425 g/mol. The van der Waals surface area contributed by atoms with Gasteiger partial charge in [0.05, 0.1) is 12.8 Å². The molecule has 3 aliphatic rings. The number of nitrogens with zero attached hydrogens (tertiary/aromatic N) is 3. The van der Waals surface area contributed by atoms with Crippen LogP contribution in [0.15, 0.2) is 35.4 Å². The minimum Gasteiger partial charge on any atom is -0.492 e. The number of amidine groups is 1. The van der Waals surface area contributed by atoms with Crippen molar-refractivity contribution in [2.75, 3.05) is 32.5 Å². The van der Waals surface area contributed by atoms with Crippen LogP contribution in [0.2, 0.25) is 0 Å². The number of nitrogen functional groups attached to an aromatic ring is 1. The van der Waals surface area contributed by atoms with Gasteiger partial charge in [-0.2, -0.15) is 0 Å². The maximum Gasteiger partial charge on any atom is 0.265 e. The van der Waals surface area contributed by atoms with E-state index < -0.39 is 0 Å². The number of hydrogen-bond donors (Lipinski definition) is 4. The highest BCUT2D eigenvalue weighted by Gasteiger charge is 2.40. The fourth-order valence-corrected chi connectivity index (χ4v) is 4.22. The van der Waals surface area contributed by atoms with Crippen molar-refractivity contribution in [2.24, 2.45) is 10.9 Å². The summed E-state index contributed by atoms with van der Waals surface area (Å²) in [6.45, 7) is 1.01. The number of carbonyl (C=O) groups excluding carboxylic acids is 1. The van der Waals surface area contributed by atoms with E-state index in [1.165, 1.54) is 0 Å². The summed E-state index contributed by atoms with van der Waals surface area (Å²) < 4.78 is 17.1. The summed E-state index contributed by atoms with van der Waals surface area (Å²) in [5, 5.41) is 6.36. The van der Waals surface area contributed by atoms with Crippen molar-refractivity contribution in [1.29, 1.82) is 0 Å². The normalized spacial score (nSPS) is 19.5. The lowest BCUT2D eigenvalue weighted by molar-refractivity contribution is 0.0953. The molecule has 0 spiro atoms. The molecule has 5 rings (SSSR count). The van der Waals surface area contributed by atoms with E-state index in [1.807, 2.05) is 30.3 Å². The van der Waals surface area contributed by atoms with Crippen LogP contribution in [-0.2, 0) is 6.42 Å². The summed E-state index contributed by atoms with van der Waals surface area (Å²) in [5.74, 6) is 7.58. The van der Waals surface area contributed by atoms with E-state index in [2.05, 4.69) is 26.5 Å². The van der Waals surface area contributed by atoms with Gasteiger partial charge < -0.3 is 14.2 Å². The number of hydrazine groups is 3. The molecule has 0 unspecified atom stereocenters. The van der Waals surface area contributed by atoms with E-state index in [9.17, 15) is 4.79 Å². The van der Waals surface area contributed by atoms with Crippen molar-refractivity contribution >= 4 is 17.4 Å². The van der Waals surface area contributed by atoms with Gasteiger partial charge in [-0.15, -0.1) is 10.6 Å². The Kier molecular flexibility index (Phi) is 4.77. The number of carbonyl (C=O) groups is 1. The number of likely N-dealkylation sites (N-methyl/N-ethyl adjacent to an activating group) is 1. The molecule has 11 nitrogen and oxygen atoms in total. The topological polar surface area (TPSA) is 126 Å². The van der Waals surface area contributed by atoms with Crippen LogP contribution in [0.4, 0.5) is 5.69 Å². The third-order valence-corrected chi connectivity index (χ3v) is 5.72. The lowest BCUT2D eigenvalue weighted by Gasteiger charge is -2.37. The molecule has 2 aromatic rings. The molecule has 31 heavy (non-hydrogen) atoms. The van der Waals surface area contributed by atoms with Gasteiger partial charge in [0.25, 0.3) is 5.91 Å². The molecular weight excluding hydrogens is 402 g/mol. The van der Waals surface area contributed by atoms with Gasteiger partial charge in [0.1, 0.15) is 6.04 Å². The highest BCUT2D eigenvalue weighted by atomic mass is 16.7. The second-order valence-electron chi connectivity index (χ2n) is 7.40. The Hall–Kier alpha value is -3.54. The van der Waals surface area contributed by atoms with Gasteiger partial charge in [0.2, 0.25) is 12.5 Å². The molecule has 3 aliphatic heterocycles. The molecule has 0 bridgehead atoms. The van der Waals surface area contributed by atoms with E-state index in [0.29, 0.717) is 22.8 Å². The minimum absolute atomic E-state index is 0.175. The van der Waals surface area contributed by atoms with Gasteiger partial charge in [-0.05, 0) is 49.4 Å². The fraction of sp³-hybridized carbons (Fsp3) is 0.300. The first-order valence-electron chi connectivity index (χ1n) is 9.81. The average molecular weight is 425 g/mol. The Morgan fingerprint density at radius 3 is 2.87 bits per heavy atom. The van der Waals surface area contributed by atoms with Crippen molar-refractivity contribution in [1.82, 2.24) is 21.4 Å². The molecule has 0 radical (unpaired) electrons. The van der Waals surface area contributed by atoms with E-state index in [1.54, 1.807) is 19.2 Å². The molecule has 0 aliphatic carbocycles. The standard InChI is InChI=1S/C20H23N7O4/c1-26-8-7-12-9-14-17(31-10-30-14)18(29-2)15(12)16(26)19-23-24-25-27(19)13-5-3-11(4-6-13)20(28)22-21/h3-6,9,16,24-25H,7-8,10,21H2,1-2H3,(H,22,28)/t16-/m0/s1. The van der Waals surface area contributed by atoms with E-state index in [0.717, 1.165) is 35.6 Å². The molecule has 0 saturated heterocycles. The van der Waals surface area contributed by atoms with Gasteiger partial charge in [0.15, 0.2) is 17.3 Å². The number of hydrazone groups is 1. The third kappa shape index (κ3) is 3.10. The second-order valence-corrected chi connectivity index (χ2v) is 7.40. The Labute approximate surface area is 178 Å². The van der Waals surface area contributed by atoms with Crippen LogP contribution >= 0.6 is 0 Å². The number of nitrogens with one attached hydrogen (secondary N) is 3. The number of rotatable bonds is 4. The maximum absolute atomic E-state index is 11.8. The van der Waals surface area contributed by atoms with Crippen molar-refractivity contribution in [3.8, 4) is 17.2 Å². The zero-order chi connectivity index (χ0) is 21.5. The highest BCUT2D eigenvalue weighted by molar-refractivity contribution is 6.03. The minimum atomic E-state index is -0.352. The molecule has 0 fully saturated rings. The summed E-state index contributed by atoms with van der Waals surface area (Å²) >= 11 is 0. The van der Waals surface area contributed by atoms with Crippen LogP contribution in [0.25, 0.3) is 0 Å². The number of ether oxygens (including phenoxy) is 3. The molecule has 0 aromatic heterocycles. The van der Waals surface area contributed by atoms with Crippen LogP contribution in [0.5, 0.6) is 17.2 Å². The van der Waals surface area contributed by atoms with E-state index in [-0.39, 0.29) is 18.7 Å². The molecule has 5 N–H and O–H groups in total. The maximum atomic E-state index is 11.8. The van der Waals surface area contributed by atoms with Gasteiger partial charge in [-0.1, -0.05) is 0 Å². The molecule has 11 heteroatoms.